The van der Waals surface area contributed by atoms with Gasteiger partial charge in [-0.15, -0.1) is 0 Å². The van der Waals surface area contributed by atoms with Gasteiger partial charge in [0.2, 0.25) is 0 Å². The monoisotopic (exact) mass is 265 g/mol. The lowest BCUT2D eigenvalue weighted by Gasteiger charge is -2.10. The Kier molecular flexibility index (Phi) is 6.79. The highest BCUT2D eigenvalue weighted by molar-refractivity contribution is 5.91. The van der Waals surface area contributed by atoms with Crippen molar-refractivity contribution in [3.8, 4) is 5.75 Å². The molecule has 0 spiro atoms. The number of hydrogen-bond donors (Lipinski definition) is 1. The van der Waals surface area contributed by atoms with Crippen LogP contribution in [0.3, 0.4) is 0 Å². The summed E-state index contributed by atoms with van der Waals surface area (Å²) in [5, 5.41) is 0. The maximum atomic E-state index is 11.5. The summed E-state index contributed by atoms with van der Waals surface area (Å²) >= 11 is 0. The van der Waals surface area contributed by atoms with Crippen LogP contribution in [0.2, 0.25) is 0 Å². The van der Waals surface area contributed by atoms with Gasteiger partial charge in [0.1, 0.15) is 5.75 Å². The SMILES string of the molecule is CCCCCCOc1ccc(C(=O)OCC)cc1N. The minimum Gasteiger partial charge on any atom is -0.491 e. The molecular weight excluding hydrogens is 242 g/mol. The Labute approximate surface area is 114 Å². The lowest BCUT2D eigenvalue weighted by molar-refractivity contribution is 0.0526. The number of ether oxygens (including phenoxy) is 2. The number of carbonyl (C=O) groups excluding carboxylic acids is 1. The molecule has 0 atom stereocenters. The number of benzene rings is 1. The van der Waals surface area contributed by atoms with Gasteiger partial charge in [-0.05, 0) is 31.5 Å². The summed E-state index contributed by atoms with van der Waals surface area (Å²) < 4.78 is 10.5. The summed E-state index contributed by atoms with van der Waals surface area (Å²) in [6.07, 6.45) is 4.61. The van der Waals surface area contributed by atoms with Crippen LogP contribution in [0.25, 0.3) is 0 Å². The molecule has 0 aliphatic carbocycles. The summed E-state index contributed by atoms with van der Waals surface area (Å²) in [6.45, 7) is 4.96. The Hall–Kier alpha value is -1.71. The zero-order valence-electron chi connectivity index (χ0n) is 11.8. The van der Waals surface area contributed by atoms with Crippen molar-refractivity contribution in [3.05, 3.63) is 23.8 Å². The molecule has 1 aromatic rings. The molecule has 0 radical (unpaired) electrons. The van der Waals surface area contributed by atoms with E-state index in [9.17, 15) is 4.79 Å². The number of nitrogens with two attached hydrogens (primary N) is 1. The molecule has 106 valence electrons. The van der Waals surface area contributed by atoms with Crippen LogP contribution in [-0.2, 0) is 4.74 Å². The van der Waals surface area contributed by atoms with Gasteiger partial charge in [0.15, 0.2) is 0 Å². The molecule has 0 unspecified atom stereocenters. The van der Waals surface area contributed by atoms with Crippen molar-refractivity contribution in [3.63, 3.8) is 0 Å². The Morgan fingerprint density at radius 1 is 1.21 bits per heavy atom. The van der Waals surface area contributed by atoms with Crippen molar-refractivity contribution in [2.24, 2.45) is 0 Å². The topological polar surface area (TPSA) is 61.5 Å². The van der Waals surface area contributed by atoms with Crippen molar-refractivity contribution in [2.45, 2.75) is 39.5 Å². The van der Waals surface area contributed by atoms with Crippen molar-refractivity contribution < 1.29 is 14.3 Å². The number of rotatable bonds is 8. The van der Waals surface area contributed by atoms with E-state index in [1.807, 2.05) is 0 Å². The standard InChI is InChI=1S/C15H23NO3/c1-3-5-6-7-10-19-14-9-8-12(11-13(14)16)15(17)18-4-2/h8-9,11H,3-7,10,16H2,1-2H3. The van der Waals surface area contributed by atoms with Gasteiger partial charge in [-0.25, -0.2) is 4.79 Å². The summed E-state index contributed by atoms with van der Waals surface area (Å²) in [5.41, 5.74) is 6.79. The van der Waals surface area contributed by atoms with Gasteiger partial charge in [0.25, 0.3) is 0 Å². The molecule has 0 saturated heterocycles. The normalized spacial score (nSPS) is 10.2. The lowest BCUT2D eigenvalue weighted by Crippen LogP contribution is -2.06. The smallest absolute Gasteiger partial charge is 0.338 e. The van der Waals surface area contributed by atoms with Crippen LogP contribution < -0.4 is 10.5 Å². The van der Waals surface area contributed by atoms with Gasteiger partial charge < -0.3 is 15.2 Å². The Morgan fingerprint density at radius 2 is 2.00 bits per heavy atom. The predicted octanol–water partition coefficient (Wildman–Crippen LogP) is 3.40. The maximum absolute atomic E-state index is 11.5. The Bertz CT molecular complexity index is 404. The first kappa shape index (κ1) is 15.3. The third-order valence-corrected chi connectivity index (χ3v) is 2.78. The predicted molar refractivity (Wildman–Crippen MR) is 76.4 cm³/mol. The van der Waals surface area contributed by atoms with E-state index in [0.29, 0.717) is 30.2 Å². The second kappa shape index (κ2) is 8.40. The number of esters is 1. The fourth-order valence-electron chi connectivity index (χ4n) is 1.73. The first-order chi connectivity index (χ1) is 9.19. The zero-order valence-corrected chi connectivity index (χ0v) is 11.8. The summed E-state index contributed by atoms with van der Waals surface area (Å²) in [4.78, 5) is 11.5. The second-order valence-corrected chi connectivity index (χ2v) is 4.38. The fraction of sp³-hybridized carbons (Fsp3) is 0.533. The van der Waals surface area contributed by atoms with E-state index in [2.05, 4.69) is 6.92 Å². The van der Waals surface area contributed by atoms with Crippen LogP contribution in [0, 0.1) is 0 Å². The molecule has 0 bridgehead atoms. The summed E-state index contributed by atoms with van der Waals surface area (Å²) in [5.74, 6) is 0.272. The molecule has 0 aliphatic rings. The van der Waals surface area contributed by atoms with Crippen LogP contribution in [-0.4, -0.2) is 19.2 Å². The first-order valence-corrected chi connectivity index (χ1v) is 6.88. The van der Waals surface area contributed by atoms with Gasteiger partial charge in [0.05, 0.1) is 24.5 Å². The van der Waals surface area contributed by atoms with E-state index < -0.39 is 0 Å². The van der Waals surface area contributed by atoms with Crippen molar-refractivity contribution in [1.82, 2.24) is 0 Å². The molecule has 0 saturated carbocycles. The number of anilines is 1. The van der Waals surface area contributed by atoms with Crippen molar-refractivity contribution >= 4 is 11.7 Å². The first-order valence-electron chi connectivity index (χ1n) is 6.88. The van der Waals surface area contributed by atoms with E-state index in [1.165, 1.54) is 12.8 Å². The second-order valence-electron chi connectivity index (χ2n) is 4.38. The highest BCUT2D eigenvalue weighted by Gasteiger charge is 2.09. The molecule has 2 N–H and O–H groups in total. The van der Waals surface area contributed by atoms with Gasteiger partial charge in [-0.2, -0.15) is 0 Å². The molecule has 4 heteroatoms. The van der Waals surface area contributed by atoms with Gasteiger partial charge in [-0.1, -0.05) is 26.2 Å². The van der Waals surface area contributed by atoms with Crippen LogP contribution in [0.4, 0.5) is 5.69 Å². The third-order valence-electron chi connectivity index (χ3n) is 2.78. The number of unbranched alkanes of at least 4 members (excludes halogenated alkanes) is 3. The average Bonchev–Trinajstić information content (AvgIpc) is 2.40. The highest BCUT2D eigenvalue weighted by atomic mass is 16.5. The van der Waals surface area contributed by atoms with Crippen LogP contribution in [0.1, 0.15) is 49.9 Å². The van der Waals surface area contributed by atoms with E-state index in [4.69, 9.17) is 15.2 Å². The minimum atomic E-state index is -0.358. The average molecular weight is 265 g/mol. The summed E-state index contributed by atoms with van der Waals surface area (Å²) in [7, 11) is 0. The quantitative estimate of drug-likeness (QED) is 0.444. The Morgan fingerprint density at radius 3 is 2.63 bits per heavy atom. The molecule has 19 heavy (non-hydrogen) atoms. The highest BCUT2D eigenvalue weighted by Crippen LogP contribution is 2.23. The molecule has 0 aromatic heterocycles. The molecule has 0 heterocycles. The van der Waals surface area contributed by atoms with Gasteiger partial charge in [-0.3, -0.25) is 0 Å². The number of carbonyl (C=O) groups is 1. The molecule has 4 nitrogen and oxygen atoms in total. The van der Waals surface area contributed by atoms with Crippen molar-refractivity contribution in [2.75, 3.05) is 18.9 Å². The number of hydrogen-bond acceptors (Lipinski definition) is 4. The van der Waals surface area contributed by atoms with Crippen LogP contribution in [0.5, 0.6) is 5.75 Å². The lowest BCUT2D eigenvalue weighted by atomic mass is 10.2. The van der Waals surface area contributed by atoms with Gasteiger partial charge in [0, 0.05) is 0 Å². The van der Waals surface area contributed by atoms with E-state index >= 15 is 0 Å². The maximum Gasteiger partial charge on any atom is 0.338 e. The minimum absolute atomic E-state index is 0.356. The van der Waals surface area contributed by atoms with E-state index in [1.54, 1.807) is 25.1 Å². The van der Waals surface area contributed by atoms with Crippen molar-refractivity contribution in [1.29, 1.82) is 0 Å². The molecule has 0 aliphatic heterocycles. The van der Waals surface area contributed by atoms with E-state index in [0.717, 1.165) is 12.8 Å². The molecule has 0 amide bonds. The van der Waals surface area contributed by atoms with Crippen LogP contribution in [0.15, 0.2) is 18.2 Å². The molecule has 0 fully saturated rings. The number of nitrogen functional groups attached to an aromatic ring is 1. The Balaban J connectivity index is 2.50. The molecule has 1 aromatic carbocycles. The molecule has 1 rings (SSSR count). The largest absolute Gasteiger partial charge is 0.491 e. The molecular formula is C15H23NO3. The zero-order chi connectivity index (χ0) is 14.1. The van der Waals surface area contributed by atoms with Gasteiger partial charge >= 0.3 is 5.97 Å². The fourth-order valence-corrected chi connectivity index (χ4v) is 1.73. The third kappa shape index (κ3) is 5.20. The van der Waals surface area contributed by atoms with Crippen LogP contribution >= 0.6 is 0 Å². The van der Waals surface area contributed by atoms with E-state index in [-0.39, 0.29) is 5.97 Å². The summed E-state index contributed by atoms with van der Waals surface area (Å²) in [6, 6.07) is 5.00.